The number of halogens is 3. The average molecular weight is 417 g/mol. The first-order valence-electron chi connectivity index (χ1n) is 8.43. The Morgan fingerprint density at radius 3 is 2.07 bits per heavy atom. The molecular formula is C16H18F3N5O5. The van der Waals surface area contributed by atoms with Crippen molar-refractivity contribution in [2.45, 2.75) is 6.18 Å². The second-order valence-corrected chi connectivity index (χ2v) is 6.23. The van der Waals surface area contributed by atoms with E-state index in [0.29, 0.717) is 18.7 Å². The minimum atomic E-state index is -4.97. The van der Waals surface area contributed by atoms with Crippen molar-refractivity contribution in [2.24, 2.45) is 0 Å². The highest BCUT2D eigenvalue weighted by Crippen LogP contribution is 2.43. The van der Waals surface area contributed by atoms with Gasteiger partial charge in [-0.25, -0.2) is 0 Å². The molecule has 1 amide bonds. The molecule has 0 radical (unpaired) electrons. The van der Waals surface area contributed by atoms with E-state index in [0.717, 1.165) is 0 Å². The number of nitrogens with zero attached hydrogens (tertiary/aromatic N) is 4. The third kappa shape index (κ3) is 5.40. The summed E-state index contributed by atoms with van der Waals surface area (Å²) in [6.45, 7) is 4.46. The van der Waals surface area contributed by atoms with E-state index in [1.165, 1.54) is 11.0 Å². The average Bonchev–Trinajstić information content (AvgIpc) is 2.65. The van der Waals surface area contributed by atoms with Crippen LogP contribution in [0.2, 0.25) is 0 Å². The molecule has 0 bridgehead atoms. The van der Waals surface area contributed by atoms with Gasteiger partial charge in [-0.2, -0.15) is 13.2 Å². The lowest BCUT2D eigenvalue weighted by Crippen LogP contribution is -2.49. The number of carbonyl (C=O) groups is 1. The summed E-state index contributed by atoms with van der Waals surface area (Å²) >= 11 is 0. The highest BCUT2D eigenvalue weighted by Gasteiger charge is 2.39. The number of piperazine rings is 1. The summed E-state index contributed by atoms with van der Waals surface area (Å²) in [4.78, 5) is 35.3. The lowest BCUT2D eigenvalue weighted by atomic mass is 10.1. The van der Waals surface area contributed by atoms with E-state index in [1.54, 1.807) is 4.90 Å². The van der Waals surface area contributed by atoms with Gasteiger partial charge < -0.3 is 10.2 Å². The molecule has 13 heteroatoms. The molecule has 2 rings (SSSR count). The van der Waals surface area contributed by atoms with Gasteiger partial charge in [0.25, 0.3) is 11.4 Å². The Morgan fingerprint density at radius 2 is 1.66 bits per heavy atom. The summed E-state index contributed by atoms with van der Waals surface area (Å²) in [5.41, 5.74) is -3.90. The molecule has 1 saturated heterocycles. The van der Waals surface area contributed by atoms with Crippen LogP contribution in [0.4, 0.5) is 30.2 Å². The first-order chi connectivity index (χ1) is 13.5. The zero-order chi connectivity index (χ0) is 21.8. The summed E-state index contributed by atoms with van der Waals surface area (Å²) in [7, 11) is 0. The molecule has 1 aromatic rings. The normalized spacial score (nSPS) is 15.1. The number of benzene rings is 1. The molecule has 0 aromatic heterocycles. The summed E-state index contributed by atoms with van der Waals surface area (Å²) in [6.07, 6.45) is -3.45. The van der Waals surface area contributed by atoms with Gasteiger partial charge in [0.05, 0.1) is 22.0 Å². The maximum absolute atomic E-state index is 13.0. The van der Waals surface area contributed by atoms with E-state index in [9.17, 15) is 38.2 Å². The van der Waals surface area contributed by atoms with Crippen molar-refractivity contribution in [1.29, 1.82) is 0 Å². The molecule has 1 fully saturated rings. The number of hydrogen-bond donors (Lipinski definition) is 1. The highest BCUT2D eigenvalue weighted by molar-refractivity contribution is 5.78. The quantitative estimate of drug-likeness (QED) is 0.409. The van der Waals surface area contributed by atoms with Crippen molar-refractivity contribution in [3.8, 4) is 0 Å². The van der Waals surface area contributed by atoms with Crippen LogP contribution in [-0.4, -0.2) is 59.9 Å². The number of rotatable bonds is 7. The minimum absolute atomic E-state index is 0.0544. The fourth-order valence-corrected chi connectivity index (χ4v) is 2.94. The van der Waals surface area contributed by atoms with Crippen LogP contribution in [0, 0.1) is 20.2 Å². The van der Waals surface area contributed by atoms with Gasteiger partial charge in [-0.3, -0.25) is 29.9 Å². The monoisotopic (exact) mass is 417 g/mol. The molecule has 0 saturated carbocycles. The smallest absolute Gasteiger partial charge is 0.358 e. The first-order valence-corrected chi connectivity index (χ1v) is 8.43. The molecule has 0 spiro atoms. The third-order valence-corrected chi connectivity index (χ3v) is 4.29. The van der Waals surface area contributed by atoms with Crippen LogP contribution in [0.1, 0.15) is 5.56 Å². The number of nitro groups is 2. The lowest BCUT2D eigenvalue weighted by molar-refractivity contribution is -0.393. The number of nitrogens with one attached hydrogen (secondary N) is 1. The highest BCUT2D eigenvalue weighted by atomic mass is 19.4. The number of anilines is 1. The van der Waals surface area contributed by atoms with Gasteiger partial charge in [-0.15, -0.1) is 6.58 Å². The molecular weight excluding hydrogens is 399 g/mol. The lowest BCUT2D eigenvalue weighted by Gasteiger charge is -2.35. The maximum Gasteiger partial charge on any atom is 0.416 e. The van der Waals surface area contributed by atoms with Crippen LogP contribution < -0.4 is 10.2 Å². The minimum Gasteiger partial charge on any atom is -0.358 e. The van der Waals surface area contributed by atoms with Crippen molar-refractivity contribution in [3.05, 3.63) is 50.6 Å². The molecule has 0 aliphatic carbocycles. The van der Waals surface area contributed by atoms with Gasteiger partial charge in [0.2, 0.25) is 5.91 Å². The van der Waals surface area contributed by atoms with E-state index in [4.69, 9.17) is 0 Å². The van der Waals surface area contributed by atoms with Gasteiger partial charge in [-0.1, -0.05) is 6.08 Å². The van der Waals surface area contributed by atoms with E-state index < -0.39 is 38.6 Å². The van der Waals surface area contributed by atoms with Gasteiger partial charge in [-0.05, 0) is 0 Å². The topological polar surface area (TPSA) is 122 Å². The third-order valence-electron chi connectivity index (χ3n) is 4.29. The van der Waals surface area contributed by atoms with Crippen molar-refractivity contribution < 1.29 is 27.8 Å². The molecule has 0 atom stereocenters. The maximum atomic E-state index is 13.0. The van der Waals surface area contributed by atoms with Crippen LogP contribution in [-0.2, 0) is 11.0 Å². The van der Waals surface area contributed by atoms with E-state index >= 15 is 0 Å². The second kappa shape index (κ2) is 8.86. The molecule has 158 valence electrons. The van der Waals surface area contributed by atoms with E-state index in [-0.39, 0.29) is 38.6 Å². The Morgan fingerprint density at radius 1 is 1.14 bits per heavy atom. The number of carbonyl (C=O) groups excluding carboxylic acids is 1. The molecule has 1 N–H and O–H groups in total. The Balaban J connectivity index is 2.28. The van der Waals surface area contributed by atoms with Crippen LogP contribution in [0.25, 0.3) is 0 Å². The van der Waals surface area contributed by atoms with Crippen LogP contribution in [0.5, 0.6) is 0 Å². The number of nitro benzene ring substituents is 2. The molecule has 1 aromatic carbocycles. The van der Waals surface area contributed by atoms with E-state index in [2.05, 4.69) is 11.9 Å². The first kappa shape index (κ1) is 22.1. The summed E-state index contributed by atoms with van der Waals surface area (Å²) in [5, 5.41) is 25.3. The van der Waals surface area contributed by atoms with Gasteiger partial charge in [0.1, 0.15) is 0 Å². The Kier molecular flexibility index (Phi) is 6.74. The summed E-state index contributed by atoms with van der Waals surface area (Å²) in [5.74, 6) is -0.259. The number of amides is 1. The van der Waals surface area contributed by atoms with Gasteiger partial charge in [0.15, 0.2) is 5.69 Å². The van der Waals surface area contributed by atoms with Gasteiger partial charge >= 0.3 is 6.18 Å². The van der Waals surface area contributed by atoms with Crippen molar-refractivity contribution in [3.63, 3.8) is 0 Å². The number of alkyl halides is 3. The number of hydrogen-bond acceptors (Lipinski definition) is 7. The van der Waals surface area contributed by atoms with Crippen molar-refractivity contribution in [2.75, 3.05) is 44.2 Å². The molecule has 1 heterocycles. The van der Waals surface area contributed by atoms with Crippen LogP contribution in [0.15, 0.2) is 24.8 Å². The van der Waals surface area contributed by atoms with Crippen LogP contribution >= 0.6 is 0 Å². The predicted octanol–water partition coefficient (Wildman–Crippen LogP) is 1.95. The largest absolute Gasteiger partial charge is 0.416 e. The zero-order valence-corrected chi connectivity index (χ0v) is 15.1. The molecule has 0 unspecified atom stereocenters. The summed E-state index contributed by atoms with van der Waals surface area (Å²) in [6, 6.07) is 0.606. The standard InChI is InChI=1S/C16H18F3N5O5/c1-2-3-20-14(25)10-21-4-6-22(7-5-21)15-12(23(26)27)8-11(16(17,18)19)9-13(15)24(28)29/h2,8-9H,1,3-7,10H2,(H,20,25). The Labute approximate surface area is 162 Å². The SMILES string of the molecule is C=CCNC(=O)CN1CCN(c2c([N+](=O)[O-])cc(C(F)(F)F)cc2[N+](=O)[O-])CC1. The Bertz CT molecular complexity index is 787. The van der Waals surface area contributed by atoms with E-state index in [1.807, 2.05) is 0 Å². The fourth-order valence-electron chi connectivity index (χ4n) is 2.94. The van der Waals surface area contributed by atoms with Gasteiger partial charge in [0, 0.05) is 44.9 Å². The zero-order valence-electron chi connectivity index (χ0n) is 15.1. The predicted molar refractivity (Wildman–Crippen MR) is 96.6 cm³/mol. The Hall–Kier alpha value is -3.22. The van der Waals surface area contributed by atoms with Crippen molar-refractivity contribution >= 4 is 23.0 Å². The summed E-state index contributed by atoms with van der Waals surface area (Å²) < 4.78 is 39.0. The molecule has 1 aliphatic rings. The molecule has 1 aliphatic heterocycles. The molecule has 29 heavy (non-hydrogen) atoms. The fraction of sp³-hybridized carbons (Fsp3) is 0.438. The van der Waals surface area contributed by atoms with Crippen LogP contribution in [0.3, 0.4) is 0 Å². The second-order valence-electron chi connectivity index (χ2n) is 6.23. The van der Waals surface area contributed by atoms with Crippen molar-refractivity contribution in [1.82, 2.24) is 10.2 Å². The molecule has 10 nitrogen and oxygen atoms in total.